The summed E-state index contributed by atoms with van der Waals surface area (Å²) in [6, 6.07) is 10.5. The van der Waals surface area contributed by atoms with E-state index in [1.54, 1.807) is 12.1 Å². The highest BCUT2D eigenvalue weighted by molar-refractivity contribution is 6.30. The van der Waals surface area contributed by atoms with Crippen LogP contribution < -0.4 is 11.3 Å². The van der Waals surface area contributed by atoms with Gasteiger partial charge in [-0.2, -0.15) is 0 Å². The van der Waals surface area contributed by atoms with Gasteiger partial charge < -0.3 is 0 Å². The molecule has 0 saturated carbocycles. The highest BCUT2D eigenvalue weighted by Gasteiger charge is 2.16. The van der Waals surface area contributed by atoms with Crippen molar-refractivity contribution in [2.75, 3.05) is 0 Å². The molecule has 0 bridgehead atoms. The first-order valence-electron chi connectivity index (χ1n) is 6.01. The third-order valence-corrected chi connectivity index (χ3v) is 3.71. The fourth-order valence-corrected chi connectivity index (χ4v) is 2.26. The van der Waals surface area contributed by atoms with E-state index in [4.69, 9.17) is 17.4 Å². The van der Waals surface area contributed by atoms with E-state index in [2.05, 4.69) is 5.43 Å². The molecule has 0 spiro atoms. The molecular weight excluding hydrogens is 263 g/mol. The summed E-state index contributed by atoms with van der Waals surface area (Å²) in [7, 11) is 0. The van der Waals surface area contributed by atoms with E-state index >= 15 is 0 Å². The lowest BCUT2D eigenvalue weighted by atomic mass is 9.93. The number of benzene rings is 2. The van der Waals surface area contributed by atoms with Crippen molar-refractivity contribution in [3.05, 3.63) is 69.5 Å². The standard InChI is InChI=1S/C15H16ClFN2/c1-9-4-3-5-12(10(9)2)15(19-18)11-6-7-13(16)14(17)8-11/h3-8,15,19H,18H2,1-2H3. The number of hydrogen-bond acceptors (Lipinski definition) is 2. The zero-order valence-corrected chi connectivity index (χ0v) is 11.6. The minimum absolute atomic E-state index is 0.112. The number of aryl methyl sites for hydroxylation is 1. The van der Waals surface area contributed by atoms with Crippen LogP contribution in [0.2, 0.25) is 5.02 Å². The van der Waals surface area contributed by atoms with Gasteiger partial charge in [0.05, 0.1) is 11.1 Å². The van der Waals surface area contributed by atoms with Gasteiger partial charge in [-0.05, 0) is 48.2 Å². The topological polar surface area (TPSA) is 38.0 Å². The first kappa shape index (κ1) is 14.0. The maximum atomic E-state index is 13.6. The van der Waals surface area contributed by atoms with Crippen molar-refractivity contribution in [2.45, 2.75) is 19.9 Å². The van der Waals surface area contributed by atoms with Crippen molar-refractivity contribution in [2.24, 2.45) is 5.84 Å². The molecule has 1 atom stereocenters. The quantitative estimate of drug-likeness (QED) is 0.664. The lowest BCUT2D eigenvalue weighted by molar-refractivity contribution is 0.604. The van der Waals surface area contributed by atoms with Gasteiger partial charge in [-0.15, -0.1) is 0 Å². The third-order valence-electron chi connectivity index (χ3n) is 3.40. The molecule has 4 heteroatoms. The van der Waals surface area contributed by atoms with Crippen LogP contribution in [0.3, 0.4) is 0 Å². The molecule has 100 valence electrons. The first-order chi connectivity index (χ1) is 9.04. The summed E-state index contributed by atoms with van der Waals surface area (Å²) < 4.78 is 13.6. The van der Waals surface area contributed by atoms with Crippen molar-refractivity contribution in [1.82, 2.24) is 5.43 Å². The zero-order valence-electron chi connectivity index (χ0n) is 10.9. The van der Waals surface area contributed by atoms with Crippen LogP contribution in [0, 0.1) is 19.7 Å². The van der Waals surface area contributed by atoms with Gasteiger partial charge in [-0.25, -0.2) is 9.82 Å². The highest BCUT2D eigenvalue weighted by atomic mass is 35.5. The number of halogens is 2. The van der Waals surface area contributed by atoms with Gasteiger partial charge >= 0.3 is 0 Å². The SMILES string of the molecule is Cc1cccc(C(NN)c2ccc(Cl)c(F)c2)c1C. The van der Waals surface area contributed by atoms with E-state index in [9.17, 15) is 4.39 Å². The molecule has 0 heterocycles. The Bertz CT molecular complexity index is 599. The second kappa shape index (κ2) is 5.70. The molecule has 0 amide bonds. The Balaban J connectivity index is 2.50. The van der Waals surface area contributed by atoms with E-state index in [-0.39, 0.29) is 11.1 Å². The Hall–Kier alpha value is -1.42. The molecule has 2 rings (SSSR count). The van der Waals surface area contributed by atoms with E-state index in [0.717, 1.165) is 16.7 Å². The molecular formula is C15H16ClFN2. The molecule has 0 aliphatic carbocycles. The van der Waals surface area contributed by atoms with Crippen LogP contribution in [0.15, 0.2) is 36.4 Å². The minimum atomic E-state index is -0.440. The largest absolute Gasteiger partial charge is 0.271 e. The van der Waals surface area contributed by atoms with Crippen LogP contribution in [0.5, 0.6) is 0 Å². The van der Waals surface area contributed by atoms with E-state index in [0.29, 0.717) is 0 Å². The molecule has 0 saturated heterocycles. The van der Waals surface area contributed by atoms with Gasteiger partial charge in [0.15, 0.2) is 0 Å². The van der Waals surface area contributed by atoms with E-state index in [1.807, 2.05) is 32.0 Å². The number of nitrogens with one attached hydrogen (secondary N) is 1. The second-order valence-corrected chi connectivity index (χ2v) is 4.97. The molecule has 0 radical (unpaired) electrons. The van der Waals surface area contributed by atoms with Gasteiger partial charge in [0.1, 0.15) is 5.82 Å². The zero-order chi connectivity index (χ0) is 14.0. The van der Waals surface area contributed by atoms with Gasteiger partial charge in [0.25, 0.3) is 0 Å². The van der Waals surface area contributed by atoms with Gasteiger partial charge in [-0.1, -0.05) is 35.9 Å². The smallest absolute Gasteiger partial charge is 0.142 e. The summed E-state index contributed by atoms with van der Waals surface area (Å²) in [5, 5.41) is 0.112. The predicted octanol–water partition coefficient (Wildman–Crippen LogP) is 3.65. The third kappa shape index (κ3) is 2.78. The number of nitrogens with two attached hydrogens (primary N) is 1. The fraction of sp³-hybridized carbons (Fsp3) is 0.200. The van der Waals surface area contributed by atoms with Crippen LogP contribution in [0.4, 0.5) is 4.39 Å². The van der Waals surface area contributed by atoms with Gasteiger partial charge in [0.2, 0.25) is 0 Å². The maximum Gasteiger partial charge on any atom is 0.142 e. The molecule has 1 unspecified atom stereocenters. The average molecular weight is 279 g/mol. The fourth-order valence-electron chi connectivity index (χ4n) is 2.14. The molecule has 0 aliphatic heterocycles. The van der Waals surface area contributed by atoms with Crippen molar-refractivity contribution in [3.63, 3.8) is 0 Å². The van der Waals surface area contributed by atoms with Crippen LogP contribution in [0.1, 0.15) is 28.3 Å². The first-order valence-corrected chi connectivity index (χ1v) is 6.39. The number of hydrazine groups is 1. The average Bonchev–Trinajstić information content (AvgIpc) is 2.39. The highest BCUT2D eigenvalue weighted by Crippen LogP contribution is 2.28. The summed E-state index contributed by atoms with van der Waals surface area (Å²) >= 11 is 5.70. The van der Waals surface area contributed by atoms with Crippen molar-refractivity contribution >= 4 is 11.6 Å². The lowest BCUT2D eigenvalue weighted by Gasteiger charge is -2.20. The normalized spacial score (nSPS) is 12.5. The molecule has 3 N–H and O–H groups in total. The van der Waals surface area contributed by atoms with E-state index in [1.165, 1.54) is 11.6 Å². The summed E-state index contributed by atoms with van der Waals surface area (Å²) in [5.41, 5.74) is 6.83. The van der Waals surface area contributed by atoms with Crippen LogP contribution in [-0.2, 0) is 0 Å². The summed E-state index contributed by atoms with van der Waals surface area (Å²) in [6.07, 6.45) is 0. The molecule has 2 aromatic carbocycles. The molecule has 19 heavy (non-hydrogen) atoms. The lowest BCUT2D eigenvalue weighted by Crippen LogP contribution is -2.29. The van der Waals surface area contributed by atoms with Crippen molar-refractivity contribution < 1.29 is 4.39 Å². The van der Waals surface area contributed by atoms with Crippen LogP contribution in [-0.4, -0.2) is 0 Å². The number of hydrogen-bond donors (Lipinski definition) is 2. The van der Waals surface area contributed by atoms with Crippen LogP contribution in [0.25, 0.3) is 0 Å². The molecule has 0 fully saturated rings. The Morgan fingerprint density at radius 1 is 1.21 bits per heavy atom. The monoisotopic (exact) mass is 278 g/mol. The molecule has 2 aromatic rings. The van der Waals surface area contributed by atoms with E-state index < -0.39 is 5.82 Å². The summed E-state index contributed by atoms with van der Waals surface area (Å²) in [6.45, 7) is 4.07. The molecule has 2 nitrogen and oxygen atoms in total. The Kier molecular flexibility index (Phi) is 4.20. The summed E-state index contributed by atoms with van der Waals surface area (Å²) in [4.78, 5) is 0. The summed E-state index contributed by atoms with van der Waals surface area (Å²) in [5.74, 6) is 5.20. The Labute approximate surface area is 117 Å². The van der Waals surface area contributed by atoms with Gasteiger partial charge in [0, 0.05) is 0 Å². The Morgan fingerprint density at radius 3 is 2.58 bits per heavy atom. The Morgan fingerprint density at radius 2 is 1.95 bits per heavy atom. The number of rotatable bonds is 3. The van der Waals surface area contributed by atoms with Crippen LogP contribution >= 0.6 is 11.6 Å². The van der Waals surface area contributed by atoms with Crippen molar-refractivity contribution in [1.29, 1.82) is 0 Å². The predicted molar refractivity (Wildman–Crippen MR) is 76.5 cm³/mol. The maximum absolute atomic E-state index is 13.6. The van der Waals surface area contributed by atoms with Crippen molar-refractivity contribution in [3.8, 4) is 0 Å². The van der Waals surface area contributed by atoms with Gasteiger partial charge in [-0.3, -0.25) is 5.84 Å². The molecule has 0 aromatic heterocycles. The second-order valence-electron chi connectivity index (χ2n) is 4.56. The minimum Gasteiger partial charge on any atom is -0.271 e. The molecule has 0 aliphatic rings.